The number of hydrogen-bond acceptors (Lipinski definition) is 13. The van der Waals surface area contributed by atoms with Crippen molar-refractivity contribution in [2.24, 2.45) is 29.0 Å². The fourth-order valence-corrected chi connectivity index (χ4v) is 8.53. The first-order valence-electron chi connectivity index (χ1n) is 20.1. The first kappa shape index (κ1) is 52.0. The van der Waals surface area contributed by atoms with Gasteiger partial charge in [-0.05, 0) is 44.4 Å². The van der Waals surface area contributed by atoms with Crippen molar-refractivity contribution in [3.63, 3.8) is 0 Å². The van der Waals surface area contributed by atoms with Crippen LogP contribution in [0.25, 0.3) is 0 Å². The number of likely N-dealkylation sites (tertiary alicyclic amines) is 1. The van der Waals surface area contributed by atoms with Crippen LogP contribution in [0.3, 0.4) is 0 Å². The summed E-state index contributed by atoms with van der Waals surface area (Å²) in [4.78, 5) is 145. The molecule has 24 heteroatoms. The molecule has 11 amide bonds. The van der Waals surface area contributed by atoms with Crippen molar-refractivity contribution in [1.29, 1.82) is 0 Å². The maximum absolute atomic E-state index is 14.3. The third-order valence-corrected chi connectivity index (χ3v) is 12.3. The zero-order valence-corrected chi connectivity index (χ0v) is 36.8. The third-order valence-electron chi connectivity index (χ3n) is 9.88. The Morgan fingerprint density at radius 1 is 0.820 bits per heavy atom. The minimum absolute atomic E-state index is 0.0528. The van der Waals surface area contributed by atoms with E-state index in [2.05, 4.69) is 37.2 Å². The van der Waals surface area contributed by atoms with Gasteiger partial charge in [0.25, 0.3) is 0 Å². The van der Waals surface area contributed by atoms with Crippen LogP contribution in [0.2, 0.25) is 0 Å². The summed E-state index contributed by atoms with van der Waals surface area (Å²) in [5.74, 6) is -9.10. The summed E-state index contributed by atoms with van der Waals surface area (Å²) in [5.41, 5.74) is 16.0. The van der Waals surface area contributed by atoms with Crippen LogP contribution < -0.4 is 54.4 Å². The second-order valence-electron chi connectivity index (χ2n) is 15.4. The molecule has 2 aliphatic heterocycles. The van der Waals surface area contributed by atoms with Crippen molar-refractivity contribution in [2.45, 2.75) is 128 Å². The Morgan fingerprint density at radius 2 is 1.48 bits per heavy atom. The molecule has 0 saturated carbocycles. The largest absolute Gasteiger partial charge is 0.370 e. The summed E-state index contributed by atoms with van der Waals surface area (Å²) in [6.45, 7) is 8.17. The summed E-state index contributed by atoms with van der Waals surface area (Å²) < 4.78 is 0. The highest BCUT2D eigenvalue weighted by Gasteiger charge is 2.40. The molecule has 2 heterocycles. The molecule has 13 N–H and O–H groups in total. The second-order valence-corrected chi connectivity index (χ2v) is 18.1. The predicted octanol–water partition coefficient (Wildman–Crippen LogP) is -3.47. The molecule has 0 unspecified atom stereocenters. The van der Waals surface area contributed by atoms with Crippen LogP contribution in [0.5, 0.6) is 0 Å². The lowest BCUT2D eigenvalue weighted by molar-refractivity contribution is -0.142. The van der Waals surface area contributed by atoms with Crippen molar-refractivity contribution in [3.8, 4) is 0 Å². The number of amides is 11. The van der Waals surface area contributed by atoms with E-state index in [1.54, 1.807) is 13.8 Å². The van der Waals surface area contributed by atoms with Gasteiger partial charge in [-0.25, -0.2) is 0 Å². The molecule has 2 aliphatic rings. The smallest absolute Gasteiger partial charge is 0.246 e. The highest BCUT2D eigenvalue weighted by atomic mass is 33.1. The predicted molar refractivity (Wildman–Crippen MR) is 225 cm³/mol. The highest BCUT2D eigenvalue weighted by Crippen LogP contribution is 2.26. The maximum atomic E-state index is 14.3. The summed E-state index contributed by atoms with van der Waals surface area (Å²) in [6.07, 6.45) is -0.334. The van der Waals surface area contributed by atoms with Crippen molar-refractivity contribution in [1.82, 2.24) is 42.1 Å². The van der Waals surface area contributed by atoms with Gasteiger partial charge in [-0.15, -0.1) is 0 Å². The van der Waals surface area contributed by atoms with Crippen LogP contribution in [-0.4, -0.2) is 137 Å². The van der Waals surface area contributed by atoms with E-state index in [-0.39, 0.29) is 56.1 Å². The lowest BCUT2D eigenvalue weighted by atomic mass is 9.97. The summed E-state index contributed by atoms with van der Waals surface area (Å²) in [6, 6.07) is -8.98. The zero-order chi connectivity index (χ0) is 46.0. The molecule has 2 fully saturated rings. The Morgan fingerprint density at radius 3 is 2.08 bits per heavy atom. The monoisotopic (exact) mass is 899 g/mol. The second kappa shape index (κ2) is 25.6. The SMILES string of the molecule is CC[C@H](C)[C@@H]1NC(=O)[C@H](C)NC(=O)CCSSC[C@@H](C(=O)N2CCC[C@H]2C(=O)N[C@@H](CC(C)C)C(=O)NCC(N)=O)NC(=O)[C@H](CC(N)=O)NC(=O)[C@H](CCC(N)=O)NC1=O. The van der Waals surface area contributed by atoms with Gasteiger partial charge in [0.15, 0.2) is 0 Å². The van der Waals surface area contributed by atoms with Gasteiger partial charge in [0.05, 0.1) is 13.0 Å². The quantitative estimate of drug-likeness (QED) is 0.0716. The molecule has 342 valence electrons. The Bertz CT molecular complexity index is 1650. The molecule has 2 saturated heterocycles. The number of primary amides is 3. The molecule has 0 radical (unpaired) electrons. The molecular formula is C37H61N11O11S2. The summed E-state index contributed by atoms with van der Waals surface area (Å²) in [7, 11) is 2.28. The van der Waals surface area contributed by atoms with E-state index >= 15 is 0 Å². The van der Waals surface area contributed by atoms with Crippen molar-refractivity contribution in [2.75, 3.05) is 24.6 Å². The molecule has 0 aromatic rings. The molecule has 0 aromatic heterocycles. The average molecular weight is 900 g/mol. The van der Waals surface area contributed by atoms with Gasteiger partial charge < -0.3 is 59.3 Å². The summed E-state index contributed by atoms with van der Waals surface area (Å²) >= 11 is 0. The minimum atomic E-state index is -1.69. The van der Waals surface area contributed by atoms with Crippen molar-refractivity contribution >= 4 is 86.6 Å². The Labute approximate surface area is 362 Å². The maximum Gasteiger partial charge on any atom is 0.246 e. The van der Waals surface area contributed by atoms with Gasteiger partial charge in [0, 0.05) is 30.9 Å². The molecular weight excluding hydrogens is 839 g/mol. The van der Waals surface area contributed by atoms with Gasteiger partial charge in [0.1, 0.15) is 42.3 Å². The van der Waals surface area contributed by atoms with E-state index < -0.39 is 126 Å². The molecule has 0 bridgehead atoms. The number of nitrogens with zero attached hydrogens (tertiary/aromatic N) is 1. The fraction of sp³-hybridized carbons (Fsp3) is 0.703. The van der Waals surface area contributed by atoms with Crippen LogP contribution >= 0.6 is 21.6 Å². The molecule has 0 aromatic carbocycles. The fourth-order valence-electron chi connectivity index (χ4n) is 6.39. The first-order chi connectivity index (χ1) is 28.6. The lowest BCUT2D eigenvalue weighted by Gasteiger charge is -2.31. The van der Waals surface area contributed by atoms with Gasteiger partial charge in [0.2, 0.25) is 65.0 Å². The number of hydrogen-bond donors (Lipinski definition) is 10. The molecule has 0 spiro atoms. The Hall–Kier alpha value is -5.13. The third kappa shape index (κ3) is 17.8. The number of nitrogens with two attached hydrogens (primary N) is 3. The lowest BCUT2D eigenvalue weighted by Crippen LogP contribution is -2.61. The minimum Gasteiger partial charge on any atom is -0.370 e. The van der Waals surface area contributed by atoms with Gasteiger partial charge in [-0.1, -0.05) is 55.7 Å². The molecule has 2 rings (SSSR count). The standard InChI is InChI=1S/C37H61N11O11S2/c1-6-19(4)30-36(58)43-21(9-10-26(38)49)33(55)44-23(15-27(39)50)34(56)46-24(17-61-60-13-11-29(52)42-20(5)31(53)47-30)37(59)48-12-7-8-25(48)35(57)45-22(14-18(2)3)32(54)41-16-28(40)51/h18-25,30H,6-17H2,1-5H3,(H2,38,49)(H2,39,50)(H2,40,51)(H,41,54)(H,42,52)(H,43,58)(H,44,55)(H,45,57)(H,46,56)(H,47,53)/t19-,20-,21-,22-,23-,24-,25-,30-/m0/s1. The van der Waals surface area contributed by atoms with E-state index in [4.69, 9.17) is 17.2 Å². The zero-order valence-electron chi connectivity index (χ0n) is 35.2. The van der Waals surface area contributed by atoms with Crippen molar-refractivity contribution in [3.05, 3.63) is 0 Å². The van der Waals surface area contributed by atoms with E-state index in [0.717, 1.165) is 10.8 Å². The highest BCUT2D eigenvalue weighted by molar-refractivity contribution is 8.76. The number of rotatable bonds is 15. The van der Waals surface area contributed by atoms with Crippen LogP contribution in [0, 0.1) is 11.8 Å². The first-order valence-corrected chi connectivity index (χ1v) is 22.6. The van der Waals surface area contributed by atoms with E-state index in [1.165, 1.54) is 22.6 Å². The topological polar surface area (TPSA) is 353 Å². The van der Waals surface area contributed by atoms with Crippen molar-refractivity contribution < 1.29 is 52.7 Å². The molecule has 61 heavy (non-hydrogen) atoms. The molecule has 8 atom stereocenters. The normalized spacial score (nSPS) is 24.8. The van der Waals surface area contributed by atoms with Crippen LogP contribution in [-0.2, 0) is 52.7 Å². The van der Waals surface area contributed by atoms with Crippen LogP contribution in [0.15, 0.2) is 0 Å². The molecule has 0 aliphatic carbocycles. The van der Waals surface area contributed by atoms with Crippen LogP contribution in [0.4, 0.5) is 0 Å². The summed E-state index contributed by atoms with van der Waals surface area (Å²) in [5, 5.41) is 17.7. The van der Waals surface area contributed by atoms with Gasteiger partial charge in [-0.3, -0.25) is 52.7 Å². The van der Waals surface area contributed by atoms with Gasteiger partial charge >= 0.3 is 0 Å². The Balaban J connectivity index is 2.51. The average Bonchev–Trinajstić information content (AvgIpc) is 3.68. The van der Waals surface area contributed by atoms with E-state index in [1.807, 2.05) is 13.8 Å². The number of nitrogens with one attached hydrogen (secondary N) is 7. The van der Waals surface area contributed by atoms with E-state index in [0.29, 0.717) is 12.8 Å². The van der Waals surface area contributed by atoms with Gasteiger partial charge in [-0.2, -0.15) is 0 Å². The number of carbonyl (C=O) groups is 11. The van der Waals surface area contributed by atoms with E-state index in [9.17, 15) is 52.7 Å². The number of carbonyl (C=O) groups excluding carboxylic acids is 11. The molecule has 22 nitrogen and oxygen atoms in total. The Kier molecular flexibility index (Phi) is 21.8. The van der Waals surface area contributed by atoms with Crippen LogP contribution in [0.1, 0.15) is 86.0 Å².